The van der Waals surface area contributed by atoms with E-state index in [1.54, 1.807) is 50.7 Å². The van der Waals surface area contributed by atoms with Crippen molar-refractivity contribution in [2.24, 2.45) is 5.92 Å². The van der Waals surface area contributed by atoms with Crippen LogP contribution in [0, 0.1) is 5.92 Å². The van der Waals surface area contributed by atoms with Crippen LogP contribution in [0.3, 0.4) is 0 Å². The summed E-state index contributed by atoms with van der Waals surface area (Å²) in [7, 11) is 3.17. The van der Waals surface area contributed by atoms with Crippen molar-refractivity contribution in [2.45, 2.75) is 26.2 Å². The number of aromatic nitrogens is 1. The summed E-state index contributed by atoms with van der Waals surface area (Å²) in [4.78, 5) is 34.7. The minimum atomic E-state index is -0.0952. The molecule has 1 aliphatic heterocycles. The number of carbonyl (C=O) groups excluding carboxylic acids is 2. The summed E-state index contributed by atoms with van der Waals surface area (Å²) in [6.07, 6.45) is 2.28. The SMILES string of the molecule is COc1ccc(NC(=O)[C@H]2CCc3nc(N4CCN(C(C)=O)CC4)sc3C2)c(OC)c1. The highest BCUT2D eigenvalue weighted by Gasteiger charge is 2.30. The highest BCUT2D eigenvalue weighted by atomic mass is 32.1. The molecule has 9 heteroatoms. The number of thiazole rings is 1. The lowest BCUT2D eigenvalue weighted by Gasteiger charge is -2.33. The summed E-state index contributed by atoms with van der Waals surface area (Å²) in [5.41, 5.74) is 1.76. The molecule has 1 N–H and O–H groups in total. The third kappa shape index (κ3) is 4.61. The van der Waals surface area contributed by atoms with Gasteiger partial charge in [0.25, 0.3) is 0 Å². The van der Waals surface area contributed by atoms with Gasteiger partial charge in [0.05, 0.1) is 25.6 Å². The van der Waals surface area contributed by atoms with E-state index in [0.29, 0.717) is 23.6 Å². The maximum absolute atomic E-state index is 12.9. The Morgan fingerprint density at radius 2 is 1.94 bits per heavy atom. The summed E-state index contributed by atoms with van der Waals surface area (Å²) in [6, 6.07) is 5.36. The molecule has 1 aromatic heterocycles. The number of aryl methyl sites for hydroxylation is 1. The van der Waals surface area contributed by atoms with Gasteiger partial charge in [0.2, 0.25) is 11.8 Å². The van der Waals surface area contributed by atoms with Gasteiger partial charge in [0, 0.05) is 50.0 Å². The van der Waals surface area contributed by atoms with E-state index in [-0.39, 0.29) is 17.7 Å². The maximum atomic E-state index is 12.9. The molecule has 0 bridgehead atoms. The zero-order valence-electron chi connectivity index (χ0n) is 18.1. The van der Waals surface area contributed by atoms with Gasteiger partial charge in [-0.05, 0) is 31.4 Å². The van der Waals surface area contributed by atoms with Gasteiger partial charge in [-0.1, -0.05) is 0 Å². The van der Waals surface area contributed by atoms with Crippen molar-refractivity contribution in [3.05, 3.63) is 28.8 Å². The number of benzene rings is 1. The van der Waals surface area contributed by atoms with Crippen LogP contribution in [0.1, 0.15) is 23.9 Å². The van der Waals surface area contributed by atoms with Gasteiger partial charge < -0.3 is 24.6 Å². The average molecular weight is 445 g/mol. The highest BCUT2D eigenvalue weighted by molar-refractivity contribution is 7.15. The van der Waals surface area contributed by atoms with Gasteiger partial charge in [-0.25, -0.2) is 4.98 Å². The third-order valence-electron chi connectivity index (χ3n) is 5.96. The molecular formula is C22H28N4O4S. The van der Waals surface area contributed by atoms with Gasteiger partial charge in [-0.15, -0.1) is 11.3 Å². The van der Waals surface area contributed by atoms with Gasteiger partial charge in [0.15, 0.2) is 5.13 Å². The first kappa shape index (κ1) is 21.4. The van der Waals surface area contributed by atoms with E-state index in [9.17, 15) is 9.59 Å². The monoisotopic (exact) mass is 444 g/mol. The van der Waals surface area contributed by atoms with E-state index in [1.807, 2.05) is 4.90 Å². The normalized spacial score (nSPS) is 18.4. The average Bonchev–Trinajstić information content (AvgIpc) is 3.22. The highest BCUT2D eigenvalue weighted by Crippen LogP contribution is 2.36. The summed E-state index contributed by atoms with van der Waals surface area (Å²) in [6.45, 7) is 4.67. The lowest BCUT2D eigenvalue weighted by molar-refractivity contribution is -0.129. The van der Waals surface area contributed by atoms with E-state index in [2.05, 4.69) is 10.2 Å². The predicted molar refractivity (Wildman–Crippen MR) is 120 cm³/mol. The van der Waals surface area contributed by atoms with Crippen molar-refractivity contribution in [1.29, 1.82) is 0 Å². The Kier molecular flexibility index (Phi) is 6.31. The van der Waals surface area contributed by atoms with Gasteiger partial charge in [-0.2, -0.15) is 0 Å². The van der Waals surface area contributed by atoms with Crippen LogP contribution in [0.25, 0.3) is 0 Å². The molecule has 4 rings (SSSR count). The smallest absolute Gasteiger partial charge is 0.227 e. The molecule has 0 saturated carbocycles. The van der Waals surface area contributed by atoms with E-state index in [0.717, 1.165) is 49.8 Å². The van der Waals surface area contributed by atoms with Crippen LogP contribution in [-0.4, -0.2) is 62.1 Å². The molecule has 1 aromatic carbocycles. The van der Waals surface area contributed by atoms with Crippen molar-refractivity contribution in [2.75, 3.05) is 50.6 Å². The second-order valence-electron chi connectivity index (χ2n) is 7.85. The molecule has 31 heavy (non-hydrogen) atoms. The number of methoxy groups -OCH3 is 2. The molecule has 0 unspecified atom stereocenters. The second kappa shape index (κ2) is 9.13. The quantitative estimate of drug-likeness (QED) is 0.763. The van der Waals surface area contributed by atoms with E-state index in [1.165, 1.54) is 4.88 Å². The van der Waals surface area contributed by atoms with Crippen molar-refractivity contribution in [1.82, 2.24) is 9.88 Å². The van der Waals surface area contributed by atoms with E-state index >= 15 is 0 Å². The van der Waals surface area contributed by atoms with Gasteiger partial charge in [0.1, 0.15) is 11.5 Å². The number of piperazine rings is 1. The number of nitrogens with zero attached hydrogens (tertiary/aromatic N) is 3. The van der Waals surface area contributed by atoms with Crippen LogP contribution in [0.4, 0.5) is 10.8 Å². The molecule has 2 heterocycles. The molecule has 0 spiro atoms. The van der Waals surface area contributed by atoms with Crippen LogP contribution < -0.4 is 19.7 Å². The van der Waals surface area contributed by atoms with E-state index < -0.39 is 0 Å². The molecular weight excluding hydrogens is 416 g/mol. The first-order valence-corrected chi connectivity index (χ1v) is 11.3. The predicted octanol–water partition coefficient (Wildman–Crippen LogP) is 2.57. The minimum absolute atomic E-state index is 0.000797. The number of fused-ring (bicyclic) bond motifs is 1. The summed E-state index contributed by atoms with van der Waals surface area (Å²) in [5, 5.41) is 4.02. The number of ether oxygens (including phenoxy) is 2. The number of anilines is 2. The molecule has 166 valence electrons. The first-order chi connectivity index (χ1) is 15.0. The number of carbonyl (C=O) groups is 2. The number of hydrogen-bond donors (Lipinski definition) is 1. The molecule has 2 amide bonds. The van der Waals surface area contributed by atoms with Crippen molar-refractivity contribution in [3.63, 3.8) is 0 Å². The number of amides is 2. The minimum Gasteiger partial charge on any atom is -0.497 e. The Hall–Kier alpha value is -2.81. The van der Waals surface area contributed by atoms with Gasteiger partial charge in [-0.3, -0.25) is 9.59 Å². The molecule has 2 aliphatic rings. The fourth-order valence-corrected chi connectivity index (χ4v) is 5.31. The largest absolute Gasteiger partial charge is 0.497 e. The van der Waals surface area contributed by atoms with Crippen molar-refractivity contribution >= 4 is 34.0 Å². The van der Waals surface area contributed by atoms with Crippen molar-refractivity contribution < 1.29 is 19.1 Å². The lowest BCUT2D eigenvalue weighted by atomic mass is 9.90. The summed E-state index contributed by atoms with van der Waals surface area (Å²) in [5.74, 6) is 1.29. The Morgan fingerprint density at radius 1 is 1.16 bits per heavy atom. The second-order valence-corrected chi connectivity index (χ2v) is 8.92. The van der Waals surface area contributed by atoms with Crippen molar-refractivity contribution in [3.8, 4) is 11.5 Å². The van der Waals surface area contributed by atoms with Gasteiger partial charge >= 0.3 is 0 Å². The fourth-order valence-electron chi connectivity index (χ4n) is 4.07. The Bertz CT molecular complexity index is 968. The maximum Gasteiger partial charge on any atom is 0.227 e. The van der Waals surface area contributed by atoms with Crippen LogP contribution in [0.15, 0.2) is 18.2 Å². The van der Waals surface area contributed by atoms with Crippen LogP contribution >= 0.6 is 11.3 Å². The molecule has 1 aliphatic carbocycles. The van der Waals surface area contributed by atoms with Crippen LogP contribution in [0.5, 0.6) is 11.5 Å². The Morgan fingerprint density at radius 3 is 2.61 bits per heavy atom. The molecule has 2 aromatic rings. The standard InChI is InChI=1S/C22H28N4O4S/c1-14(27)25-8-10-26(11-9-25)22-24-18-6-4-15(12-20(18)31-22)21(28)23-17-7-5-16(29-2)13-19(17)30-3/h5,7,13,15H,4,6,8-12H2,1-3H3,(H,23,28)/t15-/m0/s1. The topological polar surface area (TPSA) is 84.0 Å². The molecule has 1 atom stereocenters. The molecule has 8 nitrogen and oxygen atoms in total. The number of hydrogen-bond acceptors (Lipinski definition) is 7. The molecule has 1 fully saturated rings. The number of nitrogens with one attached hydrogen (secondary N) is 1. The van der Waals surface area contributed by atoms with E-state index in [4.69, 9.17) is 14.5 Å². The Labute approximate surface area is 186 Å². The molecule has 1 saturated heterocycles. The first-order valence-electron chi connectivity index (χ1n) is 10.5. The lowest BCUT2D eigenvalue weighted by Crippen LogP contribution is -2.48. The zero-order chi connectivity index (χ0) is 22.0. The fraction of sp³-hybridized carbons (Fsp3) is 0.500. The summed E-state index contributed by atoms with van der Waals surface area (Å²) < 4.78 is 10.6. The summed E-state index contributed by atoms with van der Waals surface area (Å²) >= 11 is 1.68. The number of rotatable bonds is 5. The molecule has 0 radical (unpaired) electrons. The third-order valence-corrected chi connectivity index (χ3v) is 7.14. The zero-order valence-corrected chi connectivity index (χ0v) is 19.0. The Balaban J connectivity index is 1.40. The van der Waals surface area contributed by atoms with Crippen LogP contribution in [0.2, 0.25) is 0 Å². The van der Waals surface area contributed by atoms with Crippen LogP contribution in [-0.2, 0) is 22.4 Å².